The zero-order valence-electron chi connectivity index (χ0n) is 9.82. The Labute approximate surface area is 123 Å². The van der Waals surface area contributed by atoms with Crippen LogP contribution in [-0.4, -0.2) is 35.2 Å². The van der Waals surface area contributed by atoms with Gasteiger partial charge in [0.05, 0.1) is 0 Å². The molecule has 1 heterocycles. The third kappa shape index (κ3) is 3.87. The van der Waals surface area contributed by atoms with E-state index in [9.17, 15) is 8.42 Å². The molecule has 4 nitrogen and oxygen atoms in total. The van der Waals surface area contributed by atoms with Crippen molar-refractivity contribution in [3.63, 3.8) is 0 Å². The van der Waals surface area contributed by atoms with Gasteiger partial charge in [-0.25, -0.2) is 0 Å². The molecule has 106 valence electrons. The summed E-state index contributed by atoms with van der Waals surface area (Å²) in [4.78, 5) is 0. The fourth-order valence-corrected chi connectivity index (χ4v) is 4.45. The van der Waals surface area contributed by atoms with Gasteiger partial charge in [-0.2, -0.15) is 12.7 Å². The maximum atomic E-state index is 12.0. The largest absolute Gasteiger partial charge is 0.339 e. The predicted molar refractivity (Wildman–Crippen MR) is 72.3 cm³/mol. The van der Waals surface area contributed by atoms with Gasteiger partial charge in [0.25, 0.3) is 0 Å². The molecule has 0 aromatic rings. The minimum absolute atomic E-state index is 0.0886. The monoisotopic (exact) mass is 335 g/mol. The lowest BCUT2D eigenvalue weighted by molar-refractivity contribution is 0.301. The van der Waals surface area contributed by atoms with E-state index in [1.165, 1.54) is 17.1 Å². The summed E-state index contributed by atoms with van der Waals surface area (Å²) in [6, 6.07) is 0.177. The third-order valence-electron chi connectivity index (χ3n) is 3.39. The summed E-state index contributed by atoms with van der Waals surface area (Å²) in [6.45, 7) is -0.448. The number of alkyl halides is 3. The van der Waals surface area contributed by atoms with E-state index in [1.54, 1.807) is 0 Å². The summed E-state index contributed by atoms with van der Waals surface area (Å²) in [5.74, 6) is 0. The van der Waals surface area contributed by atoms with Gasteiger partial charge in [0.2, 0.25) is 3.79 Å². The lowest BCUT2D eigenvalue weighted by Crippen LogP contribution is -2.24. The first-order chi connectivity index (χ1) is 8.31. The molecule has 0 N–H and O–H groups in total. The Bertz CT molecular complexity index is 382. The highest BCUT2D eigenvalue weighted by Gasteiger charge is 2.55. The van der Waals surface area contributed by atoms with Crippen molar-refractivity contribution in [3.8, 4) is 0 Å². The van der Waals surface area contributed by atoms with Gasteiger partial charge in [-0.1, -0.05) is 60.5 Å². The Morgan fingerprint density at radius 1 is 1.06 bits per heavy atom. The van der Waals surface area contributed by atoms with Crippen LogP contribution in [0.25, 0.3) is 0 Å². The molecule has 8 heteroatoms. The molecule has 1 saturated carbocycles. The second-order valence-corrected chi connectivity index (χ2v) is 8.82. The summed E-state index contributed by atoms with van der Waals surface area (Å²) in [7, 11) is -3.76. The zero-order chi connectivity index (χ0) is 13.4. The van der Waals surface area contributed by atoms with Crippen molar-refractivity contribution < 1.29 is 12.6 Å². The van der Waals surface area contributed by atoms with Crippen molar-refractivity contribution in [2.75, 3.05) is 6.61 Å². The van der Waals surface area contributed by atoms with Crippen molar-refractivity contribution >= 4 is 45.1 Å². The Morgan fingerprint density at radius 3 is 2.00 bits per heavy atom. The molecule has 2 atom stereocenters. The van der Waals surface area contributed by atoms with Gasteiger partial charge in [-0.05, 0) is 12.8 Å². The van der Waals surface area contributed by atoms with Crippen LogP contribution in [0.4, 0.5) is 0 Å². The summed E-state index contributed by atoms with van der Waals surface area (Å²) in [6.07, 6.45) is 6.29. The second-order valence-electron chi connectivity index (χ2n) is 4.79. The Hall–Kier alpha value is 0.740. The van der Waals surface area contributed by atoms with E-state index in [4.69, 9.17) is 39.0 Å². The Balaban J connectivity index is 1.95. The van der Waals surface area contributed by atoms with Crippen molar-refractivity contribution in [3.05, 3.63) is 0 Å². The van der Waals surface area contributed by atoms with Crippen molar-refractivity contribution in [2.24, 2.45) is 0 Å². The average molecular weight is 337 g/mol. The molecule has 2 aliphatic rings. The lowest BCUT2D eigenvalue weighted by atomic mass is 10.0. The molecule has 2 unspecified atom stereocenters. The van der Waals surface area contributed by atoms with Gasteiger partial charge < -0.3 is 0 Å². The molecule has 1 aliphatic heterocycles. The SMILES string of the molecule is O=S(=O)(OCC(Cl)(Cl)Cl)N1C2CCCCCCC21. The van der Waals surface area contributed by atoms with E-state index in [0.717, 1.165) is 25.7 Å². The minimum Gasteiger partial charge on any atom is -0.253 e. The van der Waals surface area contributed by atoms with Crippen LogP contribution in [0, 0.1) is 0 Å². The lowest BCUT2D eigenvalue weighted by Gasteiger charge is -2.12. The number of halogens is 3. The average Bonchev–Trinajstić information content (AvgIpc) is 2.87. The number of rotatable bonds is 3. The first kappa shape index (κ1) is 15.1. The van der Waals surface area contributed by atoms with Crippen molar-refractivity contribution in [1.82, 2.24) is 4.31 Å². The van der Waals surface area contributed by atoms with Gasteiger partial charge in [-0.3, -0.25) is 4.18 Å². The van der Waals surface area contributed by atoms with Crippen LogP contribution in [0.1, 0.15) is 38.5 Å². The molecule has 2 fully saturated rings. The highest BCUT2D eigenvalue weighted by Crippen LogP contribution is 2.41. The third-order valence-corrected chi connectivity index (χ3v) is 5.19. The van der Waals surface area contributed by atoms with Crippen molar-refractivity contribution in [1.29, 1.82) is 0 Å². The fourth-order valence-electron chi connectivity index (χ4n) is 2.54. The van der Waals surface area contributed by atoms with E-state index in [-0.39, 0.29) is 12.1 Å². The van der Waals surface area contributed by atoms with Gasteiger partial charge >= 0.3 is 10.3 Å². The smallest absolute Gasteiger partial charge is 0.253 e. The van der Waals surface area contributed by atoms with Gasteiger partial charge in [0, 0.05) is 12.1 Å². The highest BCUT2D eigenvalue weighted by molar-refractivity contribution is 7.84. The van der Waals surface area contributed by atoms with E-state index < -0.39 is 20.7 Å². The summed E-state index contributed by atoms with van der Waals surface area (Å²) < 4.78 is 28.4. The quantitative estimate of drug-likeness (QED) is 0.588. The molecule has 1 aliphatic carbocycles. The van der Waals surface area contributed by atoms with Crippen LogP contribution in [0.5, 0.6) is 0 Å². The molecular formula is C10H16Cl3NO3S. The van der Waals surface area contributed by atoms with Gasteiger partial charge in [0.1, 0.15) is 6.61 Å². The van der Waals surface area contributed by atoms with Crippen LogP contribution in [0.3, 0.4) is 0 Å². The predicted octanol–water partition coefficient (Wildman–Crippen LogP) is 3.03. The minimum atomic E-state index is -3.76. The fraction of sp³-hybridized carbons (Fsp3) is 1.00. The highest BCUT2D eigenvalue weighted by atomic mass is 35.6. The molecule has 2 rings (SSSR count). The van der Waals surface area contributed by atoms with Crippen LogP contribution in [0.15, 0.2) is 0 Å². The Morgan fingerprint density at radius 2 is 1.56 bits per heavy atom. The van der Waals surface area contributed by atoms with Gasteiger partial charge in [-0.15, -0.1) is 0 Å². The first-order valence-corrected chi connectivity index (χ1v) is 8.56. The van der Waals surface area contributed by atoms with E-state index in [2.05, 4.69) is 0 Å². The maximum absolute atomic E-state index is 12.0. The molecule has 0 aromatic carbocycles. The molecule has 0 spiro atoms. The molecule has 18 heavy (non-hydrogen) atoms. The normalized spacial score (nSPS) is 33.4. The number of hydrogen-bond donors (Lipinski definition) is 0. The number of fused-ring (bicyclic) bond motifs is 1. The van der Waals surface area contributed by atoms with E-state index in [1.807, 2.05) is 0 Å². The molecule has 1 saturated heterocycles. The van der Waals surface area contributed by atoms with Gasteiger partial charge in [0.15, 0.2) is 0 Å². The number of nitrogens with zero attached hydrogens (tertiary/aromatic N) is 1. The standard InChI is InChI=1S/C10H16Cl3NO3S/c11-10(12,13)7-17-18(15,16)14-8-5-3-1-2-4-6-9(8)14/h8-9H,1-7H2. The summed E-state index contributed by atoms with van der Waals surface area (Å²) in [5, 5.41) is 0. The topological polar surface area (TPSA) is 46.4 Å². The molecule has 0 amide bonds. The van der Waals surface area contributed by atoms with Crippen molar-refractivity contribution in [2.45, 2.75) is 54.4 Å². The molecular weight excluding hydrogens is 321 g/mol. The second kappa shape index (κ2) is 5.62. The maximum Gasteiger partial charge on any atom is 0.339 e. The van der Waals surface area contributed by atoms with E-state index in [0.29, 0.717) is 0 Å². The first-order valence-electron chi connectivity index (χ1n) is 6.06. The Kier molecular flexibility index (Phi) is 4.73. The number of hydrogen-bond acceptors (Lipinski definition) is 3. The van der Waals surface area contributed by atoms with E-state index >= 15 is 0 Å². The summed E-state index contributed by atoms with van der Waals surface area (Å²) >= 11 is 16.5. The van der Waals surface area contributed by atoms with Crippen LogP contribution >= 0.6 is 34.8 Å². The summed E-state index contributed by atoms with van der Waals surface area (Å²) in [5.41, 5.74) is 0. The van der Waals surface area contributed by atoms with Crippen LogP contribution < -0.4 is 0 Å². The molecule has 0 radical (unpaired) electrons. The zero-order valence-corrected chi connectivity index (χ0v) is 12.9. The van der Waals surface area contributed by atoms with Crippen LogP contribution in [-0.2, 0) is 14.5 Å². The molecule has 0 aromatic heterocycles. The molecule has 0 bridgehead atoms. The van der Waals surface area contributed by atoms with Crippen LogP contribution in [0.2, 0.25) is 0 Å².